The summed E-state index contributed by atoms with van der Waals surface area (Å²) in [5.74, 6) is -1.80. The molecule has 20 heavy (non-hydrogen) atoms. The van der Waals surface area contributed by atoms with Crippen LogP contribution in [0.4, 0.5) is 0 Å². The Balaban J connectivity index is 3.53. The van der Waals surface area contributed by atoms with E-state index >= 15 is 0 Å². The van der Waals surface area contributed by atoms with Crippen molar-refractivity contribution in [2.75, 3.05) is 0 Å². The monoisotopic (exact) mass is 278 g/mol. The maximum Gasteiger partial charge on any atom is 0.313 e. The first kappa shape index (κ1) is 16.2. The Kier molecular flexibility index (Phi) is 3.99. The number of rotatable bonds is 4. The molecule has 4 nitrogen and oxygen atoms in total. The van der Waals surface area contributed by atoms with Crippen molar-refractivity contribution in [2.24, 2.45) is 0 Å². The molecule has 0 aromatic heterocycles. The third kappa shape index (κ3) is 2.42. The molecule has 0 aliphatic carbocycles. The van der Waals surface area contributed by atoms with Gasteiger partial charge in [-0.15, -0.1) is 0 Å². The Hall–Kier alpha value is -1.84. The maximum absolute atomic E-state index is 11.4. The summed E-state index contributed by atoms with van der Waals surface area (Å²) in [6.07, 6.45) is 0. The van der Waals surface area contributed by atoms with Crippen LogP contribution in [0.1, 0.15) is 49.9 Å². The summed E-state index contributed by atoms with van der Waals surface area (Å²) in [6.45, 7) is 10.3. The number of hydrogen-bond donors (Lipinski definition) is 2. The lowest BCUT2D eigenvalue weighted by Crippen LogP contribution is -2.32. The van der Waals surface area contributed by atoms with E-state index in [1.54, 1.807) is 39.8 Å². The fourth-order valence-electron chi connectivity index (χ4n) is 2.41. The van der Waals surface area contributed by atoms with Gasteiger partial charge in [0.25, 0.3) is 0 Å². The first-order valence-corrected chi connectivity index (χ1v) is 6.52. The second-order valence-electron chi connectivity index (χ2n) is 6.27. The fourth-order valence-corrected chi connectivity index (χ4v) is 2.41. The van der Waals surface area contributed by atoms with Gasteiger partial charge in [-0.3, -0.25) is 9.59 Å². The number of carboxylic acid groups (broad SMARTS) is 2. The summed E-state index contributed by atoms with van der Waals surface area (Å²) in [5, 5.41) is 18.7. The van der Waals surface area contributed by atoms with E-state index in [2.05, 4.69) is 0 Å². The quantitative estimate of drug-likeness (QED) is 0.887. The molecule has 2 N–H and O–H groups in total. The molecule has 0 fully saturated rings. The third-order valence-electron chi connectivity index (χ3n) is 4.20. The summed E-state index contributed by atoms with van der Waals surface area (Å²) < 4.78 is 0. The molecule has 0 spiro atoms. The molecular formula is C16H22O4. The van der Waals surface area contributed by atoms with Crippen LogP contribution >= 0.6 is 0 Å². The van der Waals surface area contributed by atoms with Crippen LogP contribution in [0.25, 0.3) is 0 Å². The van der Waals surface area contributed by atoms with Gasteiger partial charge in [-0.05, 0) is 63.8 Å². The van der Waals surface area contributed by atoms with Gasteiger partial charge in [-0.25, -0.2) is 0 Å². The van der Waals surface area contributed by atoms with Crippen molar-refractivity contribution in [2.45, 2.75) is 52.4 Å². The van der Waals surface area contributed by atoms with Crippen LogP contribution in [0.15, 0.2) is 12.1 Å². The van der Waals surface area contributed by atoms with Crippen molar-refractivity contribution < 1.29 is 19.8 Å². The largest absolute Gasteiger partial charge is 0.481 e. The van der Waals surface area contributed by atoms with E-state index in [1.807, 2.05) is 13.8 Å². The summed E-state index contributed by atoms with van der Waals surface area (Å²) in [7, 11) is 0. The molecule has 1 aromatic rings. The minimum atomic E-state index is -0.999. The molecular weight excluding hydrogens is 256 g/mol. The number of benzene rings is 1. The van der Waals surface area contributed by atoms with Crippen LogP contribution < -0.4 is 0 Å². The van der Waals surface area contributed by atoms with Gasteiger partial charge < -0.3 is 10.2 Å². The molecule has 0 aliphatic heterocycles. The summed E-state index contributed by atoms with van der Waals surface area (Å²) in [6, 6.07) is 3.47. The van der Waals surface area contributed by atoms with Gasteiger partial charge in [-0.2, -0.15) is 0 Å². The lowest BCUT2D eigenvalue weighted by molar-refractivity contribution is -0.143. The van der Waals surface area contributed by atoms with Crippen LogP contribution in [-0.2, 0) is 20.4 Å². The Labute approximate surface area is 119 Å². The van der Waals surface area contributed by atoms with Crippen molar-refractivity contribution in [3.05, 3.63) is 34.4 Å². The molecule has 0 saturated heterocycles. The predicted molar refractivity (Wildman–Crippen MR) is 77.2 cm³/mol. The zero-order valence-corrected chi connectivity index (χ0v) is 12.9. The average Bonchev–Trinajstić information content (AvgIpc) is 2.31. The van der Waals surface area contributed by atoms with E-state index in [4.69, 9.17) is 0 Å². The Morgan fingerprint density at radius 1 is 0.800 bits per heavy atom. The standard InChI is InChI=1S/C16H22O4/c1-9-10(2)12(16(5,6)14(19)20)8-7-11(9)15(3,4)13(17)18/h7-8H,1-6H3,(H,17,18)(H,19,20). The van der Waals surface area contributed by atoms with Crippen LogP contribution in [0.2, 0.25) is 0 Å². The van der Waals surface area contributed by atoms with E-state index in [1.165, 1.54) is 0 Å². The van der Waals surface area contributed by atoms with Crippen molar-refractivity contribution in [1.29, 1.82) is 0 Å². The number of hydrogen-bond acceptors (Lipinski definition) is 2. The van der Waals surface area contributed by atoms with Gasteiger partial charge in [-0.1, -0.05) is 12.1 Å². The molecule has 110 valence electrons. The molecule has 0 bridgehead atoms. The molecule has 0 radical (unpaired) electrons. The zero-order valence-electron chi connectivity index (χ0n) is 12.9. The van der Waals surface area contributed by atoms with Crippen molar-refractivity contribution >= 4 is 11.9 Å². The second kappa shape index (κ2) is 4.93. The highest BCUT2D eigenvalue weighted by molar-refractivity contribution is 5.83. The number of aliphatic carboxylic acids is 2. The van der Waals surface area contributed by atoms with Crippen LogP contribution in [0.5, 0.6) is 0 Å². The van der Waals surface area contributed by atoms with Gasteiger partial charge in [0.1, 0.15) is 0 Å². The Morgan fingerprint density at radius 3 is 1.25 bits per heavy atom. The Bertz CT molecular complexity index is 517. The van der Waals surface area contributed by atoms with Gasteiger partial charge in [0.05, 0.1) is 10.8 Å². The minimum Gasteiger partial charge on any atom is -0.481 e. The molecule has 0 unspecified atom stereocenters. The molecule has 0 saturated carbocycles. The van der Waals surface area contributed by atoms with Crippen molar-refractivity contribution in [3.63, 3.8) is 0 Å². The highest BCUT2D eigenvalue weighted by Gasteiger charge is 2.35. The molecule has 1 rings (SSSR count). The fraction of sp³-hybridized carbons (Fsp3) is 0.500. The van der Waals surface area contributed by atoms with E-state index in [9.17, 15) is 19.8 Å². The minimum absolute atomic E-state index is 0.715. The van der Waals surface area contributed by atoms with Crippen LogP contribution in [-0.4, -0.2) is 22.2 Å². The second-order valence-corrected chi connectivity index (χ2v) is 6.27. The maximum atomic E-state index is 11.4. The average molecular weight is 278 g/mol. The summed E-state index contributed by atoms with van der Waals surface area (Å²) >= 11 is 0. The molecule has 1 aromatic carbocycles. The number of carboxylic acids is 2. The van der Waals surface area contributed by atoms with Crippen LogP contribution in [0, 0.1) is 13.8 Å². The van der Waals surface area contributed by atoms with E-state index in [0.717, 1.165) is 11.1 Å². The van der Waals surface area contributed by atoms with Gasteiger partial charge in [0, 0.05) is 0 Å². The lowest BCUT2D eigenvalue weighted by Gasteiger charge is -2.28. The third-order valence-corrected chi connectivity index (χ3v) is 4.20. The SMILES string of the molecule is Cc1c(C(C)(C)C(=O)O)ccc(C(C)(C)C(=O)O)c1C. The van der Waals surface area contributed by atoms with E-state index in [-0.39, 0.29) is 0 Å². The van der Waals surface area contributed by atoms with Crippen molar-refractivity contribution in [1.82, 2.24) is 0 Å². The molecule has 0 amide bonds. The first-order chi connectivity index (χ1) is 8.94. The van der Waals surface area contributed by atoms with E-state index < -0.39 is 22.8 Å². The zero-order chi connectivity index (χ0) is 15.9. The molecule has 4 heteroatoms. The number of carbonyl (C=O) groups is 2. The molecule has 0 atom stereocenters. The van der Waals surface area contributed by atoms with E-state index in [0.29, 0.717) is 11.1 Å². The highest BCUT2D eigenvalue weighted by atomic mass is 16.4. The normalized spacial score (nSPS) is 12.3. The summed E-state index contributed by atoms with van der Waals surface area (Å²) in [4.78, 5) is 22.8. The van der Waals surface area contributed by atoms with Crippen LogP contribution in [0.3, 0.4) is 0 Å². The first-order valence-electron chi connectivity index (χ1n) is 6.52. The van der Waals surface area contributed by atoms with Gasteiger partial charge >= 0.3 is 11.9 Å². The molecule has 0 aliphatic rings. The predicted octanol–water partition coefficient (Wildman–Crippen LogP) is 3.03. The molecule has 0 heterocycles. The summed E-state index contributed by atoms with van der Waals surface area (Å²) in [5.41, 5.74) is 1.11. The topological polar surface area (TPSA) is 74.6 Å². The lowest BCUT2D eigenvalue weighted by atomic mass is 9.75. The Morgan fingerprint density at radius 2 is 1.05 bits per heavy atom. The van der Waals surface area contributed by atoms with Crippen molar-refractivity contribution in [3.8, 4) is 0 Å². The van der Waals surface area contributed by atoms with Gasteiger partial charge in [0.2, 0.25) is 0 Å². The highest BCUT2D eigenvalue weighted by Crippen LogP contribution is 2.34. The smallest absolute Gasteiger partial charge is 0.313 e. The van der Waals surface area contributed by atoms with Gasteiger partial charge in [0.15, 0.2) is 0 Å².